The number of benzene rings is 1. The van der Waals surface area contributed by atoms with E-state index in [1.54, 1.807) is 6.07 Å². The van der Waals surface area contributed by atoms with Crippen LogP contribution in [0.15, 0.2) is 18.2 Å². The number of nitrogens with one attached hydrogen (secondary N) is 2. The van der Waals surface area contributed by atoms with E-state index in [9.17, 15) is 18.0 Å². The van der Waals surface area contributed by atoms with Gasteiger partial charge in [-0.3, -0.25) is 4.79 Å². The van der Waals surface area contributed by atoms with Crippen molar-refractivity contribution >= 4 is 5.91 Å². The van der Waals surface area contributed by atoms with Crippen molar-refractivity contribution in [2.75, 3.05) is 13.6 Å². The molecule has 1 aliphatic heterocycles. The Labute approximate surface area is 109 Å². The number of hydrogen-bond acceptors (Lipinski definition) is 2. The van der Waals surface area contributed by atoms with Gasteiger partial charge >= 0.3 is 6.18 Å². The van der Waals surface area contributed by atoms with Crippen LogP contribution in [0, 0.1) is 0 Å². The average molecular weight is 272 g/mol. The van der Waals surface area contributed by atoms with Crippen molar-refractivity contribution in [1.29, 1.82) is 0 Å². The second-order valence-corrected chi connectivity index (χ2v) is 4.54. The fraction of sp³-hybridized carbons (Fsp3) is 0.462. The first-order valence-electron chi connectivity index (χ1n) is 6.08. The molecule has 0 spiro atoms. The normalized spacial score (nSPS) is 17.4. The molecule has 104 valence electrons. The molecule has 1 amide bonds. The van der Waals surface area contributed by atoms with Gasteiger partial charge in [0.15, 0.2) is 0 Å². The summed E-state index contributed by atoms with van der Waals surface area (Å²) >= 11 is 0. The standard InChI is InChI=1S/C13H15F3N2O/c1-17-11(13(14,15)16)9-5-4-8-3-2-6-18-12(19)10(8)7-9/h4-5,7,11,17H,2-3,6H2,1H3,(H,18,19). The van der Waals surface area contributed by atoms with Gasteiger partial charge in [0.05, 0.1) is 0 Å². The Bertz CT molecular complexity index is 485. The lowest BCUT2D eigenvalue weighted by molar-refractivity contribution is -0.156. The van der Waals surface area contributed by atoms with Crippen molar-refractivity contribution in [3.8, 4) is 0 Å². The highest BCUT2D eigenvalue weighted by atomic mass is 19.4. The number of hydrogen-bond donors (Lipinski definition) is 2. The zero-order valence-electron chi connectivity index (χ0n) is 10.5. The molecule has 2 rings (SSSR count). The predicted octanol–water partition coefficient (Wildman–Crippen LogP) is 2.19. The number of carbonyl (C=O) groups excluding carboxylic acids is 1. The van der Waals surface area contributed by atoms with Crippen molar-refractivity contribution in [2.24, 2.45) is 0 Å². The molecule has 0 saturated carbocycles. The average Bonchev–Trinajstić information content (AvgIpc) is 2.51. The van der Waals surface area contributed by atoms with Crippen LogP contribution in [-0.4, -0.2) is 25.7 Å². The Kier molecular flexibility index (Phi) is 3.80. The van der Waals surface area contributed by atoms with E-state index < -0.39 is 12.2 Å². The molecule has 1 aromatic rings. The summed E-state index contributed by atoms with van der Waals surface area (Å²) in [5, 5.41) is 4.92. The van der Waals surface area contributed by atoms with Crippen LogP contribution < -0.4 is 10.6 Å². The molecule has 3 nitrogen and oxygen atoms in total. The summed E-state index contributed by atoms with van der Waals surface area (Å²) in [6.45, 7) is 0.553. The van der Waals surface area contributed by atoms with Gasteiger partial charge in [-0.15, -0.1) is 0 Å². The number of alkyl halides is 3. The highest BCUT2D eigenvalue weighted by Crippen LogP contribution is 2.33. The van der Waals surface area contributed by atoms with Crippen LogP contribution in [0.1, 0.15) is 33.9 Å². The lowest BCUT2D eigenvalue weighted by Gasteiger charge is -2.21. The largest absolute Gasteiger partial charge is 0.407 e. The number of carbonyl (C=O) groups is 1. The van der Waals surface area contributed by atoms with Gasteiger partial charge in [0.25, 0.3) is 5.91 Å². The monoisotopic (exact) mass is 272 g/mol. The van der Waals surface area contributed by atoms with Crippen LogP contribution in [0.4, 0.5) is 13.2 Å². The summed E-state index contributed by atoms with van der Waals surface area (Å²) in [5.74, 6) is -0.300. The van der Waals surface area contributed by atoms with Crippen molar-refractivity contribution in [1.82, 2.24) is 10.6 Å². The van der Waals surface area contributed by atoms with E-state index in [0.717, 1.165) is 12.0 Å². The first kappa shape index (κ1) is 13.9. The minimum absolute atomic E-state index is 0.0609. The zero-order chi connectivity index (χ0) is 14.0. The second kappa shape index (κ2) is 5.21. The Morgan fingerprint density at radius 2 is 2.11 bits per heavy atom. The number of rotatable bonds is 2. The molecule has 0 fully saturated rings. The first-order chi connectivity index (χ1) is 8.93. The molecule has 0 radical (unpaired) electrons. The first-order valence-corrected chi connectivity index (χ1v) is 6.08. The minimum Gasteiger partial charge on any atom is -0.352 e. The molecule has 1 aliphatic rings. The van der Waals surface area contributed by atoms with E-state index in [-0.39, 0.29) is 11.5 Å². The van der Waals surface area contributed by atoms with E-state index in [4.69, 9.17) is 0 Å². The van der Waals surface area contributed by atoms with E-state index in [0.29, 0.717) is 18.5 Å². The molecule has 1 unspecified atom stereocenters. The van der Waals surface area contributed by atoms with Gasteiger partial charge in [0.2, 0.25) is 0 Å². The number of aryl methyl sites for hydroxylation is 1. The van der Waals surface area contributed by atoms with Gasteiger partial charge in [-0.2, -0.15) is 13.2 Å². The summed E-state index contributed by atoms with van der Waals surface area (Å²) in [4.78, 5) is 11.8. The highest BCUT2D eigenvalue weighted by molar-refractivity contribution is 5.96. The fourth-order valence-corrected chi connectivity index (χ4v) is 2.30. The van der Waals surface area contributed by atoms with Gasteiger partial charge in [0, 0.05) is 12.1 Å². The number of amides is 1. The quantitative estimate of drug-likeness (QED) is 0.866. The smallest absolute Gasteiger partial charge is 0.352 e. The predicted molar refractivity (Wildman–Crippen MR) is 65.0 cm³/mol. The van der Waals surface area contributed by atoms with Gasteiger partial charge in [-0.25, -0.2) is 0 Å². The fourth-order valence-electron chi connectivity index (χ4n) is 2.30. The molecule has 2 N–H and O–H groups in total. The Morgan fingerprint density at radius 3 is 2.74 bits per heavy atom. The summed E-state index contributed by atoms with van der Waals surface area (Å²) in [6.07, 6.45) is -2.89. The maximum absolute atomic E-state index is 12.9. The third-order valence-corrected chi connectivity index (χ3v) is 3.24. The Hall–Kier alpha value is -1.56. The summed E-state index contributed by atoms with van der Waals surface area (Å²) < 4.78 is 38.6. The molecular weight excluding hydrogens is 257 g/mol. The van der Waals surface area contributed by atoms with E-state index >= 15 is 0 Å². The van der Waals surface area contributed by atoms with Crippen molar-refractivity contribution in [3.63, 3.8) is 0 Å². The number of halogens is 3. The molecule has 6 heteroatoms. The molecule has 0 bridgehead atoms. The van der Waals surface area contributed by atoms with Crippen LogP contribution >= 0.6 is 0 Å². The van der Waals surface area contributed by atoms with E-state index in [2.05, 4.69) is 10.6 Å². The molecule has 19 heavy (non-hydrogen) atoms. The highest BCUT2D eigenvalue weighted by Gasteiger charge is 2.40. The lowest BCUT2D eigenvalue weighted by atomic mass is 9.97. The van der Waals surface area contributed by atoms with Crippen molar-refractivity contribution < 1.29 is 18.0 Å². The topological polar surface area (TPSA) is 41.1 Å². The molecule has 0 aromatic heterocycles. The van der Waals surface area contributed by atoms with Gasteiger partial charge in [-0.1, -0.05) is 12.1 Å². The Balaban J connectivity index is 2.42. The third kappa shape index (κ3) is 2.89. The maximum atomic E-state index is 12.9. The molecular formula is C13H15F3N2O. The molecule has 1 heterocycles. The van der Waals surface area contributed by atoms with E-state index in [1.807, 2.05) is 0 Å². The van der Waals surface area contributed by atoms with Crippen LogP contribution in [0.5, 0.6) is 0 Å². The van der Waals surface area contributed by atoms with Gasteiger partial charge < -0.3 is 10.6 Å². The van der Waals surface area contributed by atoms with Crippen LogP contribution in [0.25, 0.3) is 0 Å². The molecule has 0 saturated heterocycles. The minimum atomic E-state index is -4.38. The summed E-state index contributed by atoms with van der Waals surface area (Å²) in [6, 6.07) is 2.64. The van der Waals surface area contributed by atoms with E-state index in [1.165, 1.54) is 19.2 Å². The Morgan fingerprint density at radius 1 is 1.37 bits per heavy atom. The summed E-state index contributed by atoms with van der Waals surface area (Å²) in [5.41, 5.74) is 1.21. The SMILES string of the molecule is CNC(c1ccc2c(c1)C(=O)NCCC2)C(F)(F)F. The van der Waals surface area contributed by atoms with Crippen LogP contribution in [0.2, 0.25) is 0 Å². The zero-order valence-corrected chi connectivity index (χ0v) is 10.5. The molecule has 1 aromatic carbocycles. The van der Waals surface area contributed by atoms with Gasteiger partial charge in [0.1, 0.15) is 6.04 Å². The maximum Gasteiger partial charge on any atom is 0.407 e. The van der Waals surface area contributed by atoms with Crippen molar-refractivity contribution in [2.45, 2.75) is 25.1 Å². The van der Waals surface area contributed by atoms with Crippen molar-refractivity contribution in [3.05, 3.63) is 34.9 Å². The lowest BCUT2D eigenvalue weighted by Crippen LogP contribution is -2.32. The molecule has 1 atom stereocenters. The van der Waals surface area contributed by atoms with Crippen LogP contribution in [0.3, 0.4) is 0 Å². The summed E-state index contributed by atoms with van der Waals surface area (Å²) in [7, 11) is 1.25. The second-order valence-electron chi connectivity index (χ2n) is 4.54. The number of fused-ring (bicyclic) bond motifs is 1. The molecule has 0 aliphatic carbocycles. The third-order valence-electron chi connectivity index (χ3n) is 3.24. The van der Waals surface area contributed by atoms with Gasteiger partial charge in [-0.05, 0) is 37.1 Å². The van der Waals surface area contributed by atoms with Crippen LogP contribution in [-0.2, 0) is 6.42 Å².